The van der Waals surface area contributed by atoms with Gasteiger partial charge in [0.05, 0.1) is 11.7 Å². The van der Waals surface area contributed by atoms with Crippen molar-refractivity contribution in [1.82, 2.24) is 15.0 Å². The van der Waals surface area contributed by atoms with Crippen LogP contribution >= 0.6 is 0 Å². The minimum absolute atomic E-state index is 0.443. The first-order chi connectivity index (χ1) is 5.86. The van der Waals surface area contributed by atoms with Gasteiger partial charge in [-0.1, -0.05) is 12.1 Å². The highest BCUT2D eigenvalue weighted by Gasteiger charge is 2.28. The van der Waals surface area contributed by atoms with E-state index in [0.29, 0.717) is 11.7 Å². The van der Waals surface area contributed by atoms with E-state index in [1.54, 1.807) is 4.68 Å². The van der Waals surface area contributed by atoms with Crippen molar-refractivity contribution < 1.29 is 4.79 Å². The molecule has 0 aliphatic heterocycles. The molecule has 1 fully saturated rings. The lowest BCUT2D eigenvalue weighted by Crippen LogP contribution is -2.02. The lowest BCUT2D eigenvalue weighted by atomic mass is 10.3. The second-order valence-electron chi connectivity index (χ2n) is 3.07. The number of hydrogen-bond acceptors (Lipinski definition) is 3. The SMILES string of the molecule is CCc1nnn(C2CC2)c1C=O. The lowest BCUT2D eigenvalue weighted by molar-refractivity contribution is 0.111. The third-order valence-corrected chi connectivity index (χ3v) is 2.14. The molecule has 4 heteroatoms. The van der Waals surface area contributed by atoms with Crippen molar-refractivity contribution in [2.24, 2.45) is 0 Å². The fraction of sp³-hybridized carbons (Fsp3) is 0.625. The van der Waals surface area contributed by atoms with Crippen molar-refractivity contribution in [3.8, 4) is 0 Å². The number of aromatic nitrogens is 3. The molecule has 2 rings (SSSR count). The molecule has 0 radical (unpaired) electrons. The van der Waals surface area contributed by atoms with Gasteiger partial charge in [-0.2, -0.15) is 0 Å². The highest BCUT2D eigenvalue weighted by atomic mass is 16.1. The first-order valence-electron chi connectivity index (χ1n) is 4.26. The zero-order chi connectivity index (χ0) is 8.55. The summed E-state index contributed by atoms with van der Waals surface area (Å²) in [6.45, 7) is 1.98. The zero-order valence-electron chi connectivity index (χ0n) is 7.03. The van der Waals surface area contributed by atoms with Crippen LogP contribution in [0.2, 0.25) is 0 Å². The molecule has 0 bridgehead atoms. The summed E-state index contributed by atoms with van der Waals surface area (Å²) in [5, 5.41) is 7.90. The van der Waals surface area contributed by atoms with Crippen molar-refractivity contribution in [3.63, 3.8) is 0 Å². The molecule has 0 saturated heterocycles. The number of rotatable bonds is 3. The van der Waals surface area contributed by atoms with E-state index in [4.69, 9.17) is 0 Å². The predicted molar refractivity (Wildman–Crippen MR) is 43.1 cm³/mol. The predicted octanol–water partition coefficient (Wildman–Crippen LogP) is 0.988. The minimum atomic E-state index is 0.443. The number of carbonyl (C=O) groups is 1. The van der Waals surface area contributed by atoms with Gasteiger partial charge in [0.25, 0.3) is 0 Å². The number of hydrogen-bond donors (Lipinski definition) is 0. The van der Waals surface area contributed by atoms with Crippen LogP contribution in [0.25, 0.3) is 0 Å². The summed E-state index contributed by atoms with van der Waals surface area (Å²) in [5.41, 5.74) is 1.48. The molecule has 1 heterocycles. The molecule has 0 aromatic carbocycles. The molecule has 0 N–H and O–H groups in total. The van der Waals surface area contributed by atoms with Crippen LogP contribution in [0.1, 0.15) is 42.0 Å². The van der Waals surface area contributed by atoms with Crippen LogP contribution < -0.4 is 0 Å². The molecule has 1 aliphatic rings. The number of aldehydes is 1. The molecule has 4 nitrogen and oxygen atoms in total. The molecule has 0 spiro atoms. The molecule has 1 saturated carbocycles. The van der Waals surface area contributed by atoms with E-state index in [1.165, 1.54) is 0 Å². The van der Waals surface area contributed by atoms with Crippen LogP contribution in [0.5, 0.6) is 0 Å². The smallest absolute Gasteiger partial charge is 0.170 e. The van der Waals surface area contributed by atoms with E-state index in [1.807, 2.05) is 6.92 Å². The van der Waals surface area contributed by atoms with Gasteiger partial charge >= 0.3 is 0 Å². The molecule has 1 aliphatic carbocycles. The van der Waals surface area contributed by atoms with Gasteiger partial charge in [0.15, 0.2) is 6.29 Å². The van der Waals surface area contributed by atoms with Crippen molar-refractivity contribution in [2.75, 3.05) is 0 Å². The van der Waals surface area contributed by atoms with Crippen LogP contribution in [0.15, 0.2) is 0 Å². The summed E-state index contributed by atoms with van der Waals surface area (Å²) < 4.78 is 1.76. The summed E-state index contributed by atoms with van der Waals surface area (Å²) in [7, 11) is 0. The summed E-state index contributed by atoms with van der Waals surface area (Å²) in [6.07, 6.45) is 3.90. The average molecular weight is 165 g/mol. The van der Waals surface area contributed by atoms with Gasteiger partial charge in [-0.15, -0.1) is 5.10 Å². The van der Waals surface area contributed by atoms with Crippen molar-refractivity contribution in [1.29, 1.82) is 0 Å². The summed E-state index contributed by atoms with van der Waals surface area (Å²) in [4.78, 5) is 10.7. The van der Waals surface area contributed by atoms with Crippen molar-refractivity contribution in [2.45, 2.75) is 32.2 Å². The third-order valence-electron chi connectivity index (χ3n) is 2.14. The fourth-order valence-electron chi connectivity index (χ4n) is 1.30. The Morgan fingerprint density at radius 3 is 2.92 bits per heavy atom. The van der Waals surface area contributed by atoms with Gasteiger partial charge < -0.3 is 0 Å². The van der Waals surface area contributed by atoms with Gasteiger partial charge in [-0.05, 0) is 19.3 Å². The second kappa shape index (κ2) is 2.69. The molecule has 0 atom stereocenters. The molecular weight excluding hydrogens is 154 g/mol. The Labute approximate surface area is 70.6 Å². The Hall–Kier alpha value is -1.19. The molecule has 1 aromatic heterocycles. The van der Waals surface area contributed by atoms with E-state index in [0.717, 1.165) is 31.2 Å². The highest BCUT2D eigenvalue weighted by Crippen LogP contribution is 2.34. The van der Waals surface area contributed by atoms with E-state index in [2.05, 4.69) is 10.3 Å². The van der Waals surface area contributed by atoms with Crippen LogP contribution in [0, 0.1) is 0 Å². The Morgan fingerprint density at radius 2 is 2.42 bits per heavy atom. The van der Waals surface area contributed by atoms with Gasteiger partial charge in [-0.3, -0.25) is 4.79 Å². The third kappa shape index (κ3) is 1.03. The minimum Gasteiger partial charge on any atom is -0.296 e. The maximum absolute atomic E-state index is 10.7. The summed E-state index contributed by atoms with van der Waals surface area (Å²) in [6, 6.07) is 0.443. The average Bonchev–Trinajstić information content (AvgIpc) is 2.85. The van der Waals surface area contributed by atoms with Crippen molar-refractivity contribution >= 4 is 6.29 Å². The van der Waals surface area contributed by atoms with Gasteiger partial charge in [0, 0.05) is 0 Å². The van der Waals surface area contributed by atoms with Crippen LogP contribution in [-0.4, -0.2) is 21.3 Å². The first kappa shape index (κ1) is 7.46. The highest BCUT2D eigenvalue weighted by molar-refractivity contribution is 5.73. The standard InChI is InChI=1S/C8H11N3O/c1-2-7-8(5-12)11(10-9-7)6-3-4-6/h5-6H,2-4H2,1H3. The van der Waals surface area contributed by atoms with Crippen molar-refractivity contribution in [3.05, 3.63) is 11.4 Å². The first-order valence-corrected chi connectivity index (χ1v) is 4.26. The zero-order valence-corrected chi connectivity index (χ0v) is 7.03. The van der Waals surface area contributed by atoms with E-state index in [9.17, 15) is 4.79 Å². The Balaban J connectivity index is 2.39. The number of aryl methyl sites for hydroxylation is 1. The monoisotopic (exact) mass is 165 g/mol. The quantitative estimate of drug-likeness (QED) is 0.627. The summed E-state index contributed by atoms with van der Waals surface area (Å²) >= 11 is 0. The maximum atomic E-state index is 10.7. The second-order valence-corrected chi connectivity index (χ2v) is 3.07. The fourth-order valence-corrected chi connectivity index (χ4v) is 1.30. The Morgan fingerprint density at radius 1 is 1.67 bits per heavy atom. The van der Waals surface area contributed by atoms with Crippen LogP contribution in [0.3, 0.4) is 0 Å². The number of nitrogens with zero attached hydrogens (tertiary/aromatic N) is 3. The Kier molecular flexibility index (Phi) is 1.67. The van der Waals surface area contributed by atoms with Gasteiger partial charge in [-0.25, -0.2) is 4.68 Å². The topological polar surface area (TPSA) is 47.8 Å². The number of carbonyl (C=O) groups excluding carboxylic acids is 1. The maximum Gasteiger partial charge on any atom is 0.170 e. The van der Waals surface area contributed by atoms with Gasteiger partial charge in [0.2, 0.25) is 0 Å². The van der Waals surface area contributed by atoms with Crippen LogP contribution in [0.4, 0.5) is 0 Å². The Bertz CT molecular complexity index is 301. The largest absolute Gasteiger partial charge is 0.296 e. The van der Waals surface area contributed by atoms with E-state index < -0.39 is 0 Å². The molecule has 64 valence electrons. The molecular formula is C8H11N3O. The van der Waals surface area contributed by atoms with Crippen LogP contribution in [-0.2, 0) is 6.42 Å². The van der Waals surface area contributed by atoms with E-state index >= 15 is 0 Å². The molecule has 0 unspecified atom stereocenters. The molecule has 0 amide bonds. The normalized spacial score (nSPS) is 16.4. The molecule has 1 aromatic rings. The van der Waals surface area contributed by atoms with E-state index in [-0.39, 0.29) is 0 Å². The lowest BCUT2D eigenvalue weighted by Gasteiger charge is -1.97. The summed E-state index contributed by atoms with van der Waals surface area (Å²) in [5.74, 6) is 0. The van der Waals surface area contributed by atoms with Gasteiger partial charge in [0.1, 0.15) is 5.69 Å². The molecule has 12 heavy (non-hydrogen) atoms.